The number of para-hydroxylation sites is 1. The first-order chi connectivity index (χ1) is 20.4. The van der Waals surface area contributed by atoms with E-state index in [0.717, 1.165) is 11.3 Å². The third-order valence-electron chi connectivity index (χ3n) is 8.80. The number of hydrogen-bond acceptors (Lipinski definition) is 7. The first-order valence-corrected chi connectivity index (χ1v) is 13.5. The largest absolute Gasteiger partial charge is 0.497 e. The average molecular weight is 557 g/mol. The molecule has 1 aliphatic carbocycles. The number of ketones is 3. The summed E-state index contributed by atoms with van der Waals surface area (Å²) in [7, 11) is 1.52. The quantitative estimate of drug-likeness (QED) is 0.130. The molecule has 42 heavy (non-hydrogen) atoms. The molecular weight excluding hydrogens is 532 g/mol. The smallest absolute Gasteiger partial charge is 0.269 e. The van der Waals surface area contributed by atoms with Gasteiger partial charge in [-0.15, -0.1) is 0 Å². The van der Waals surface area contributed by atoms with Crippen LogP contribution in [-0.2, 0) is 0 Å². The van der Waals surface area contributed by atoms with Gasteiger partial charge in [0, 0.05) is 40.4 Å². The molecule has 7 rings (SSSR count). The number of hydrogen-bond donors (Lipinski definition) is 0. The SMILES string of the molecule is COc1cccc(C(=O)[C@H]2[C@@H](c3ccc([N+](=O)[O-])cc3)C3(C(=O)c4ccccc4C3=O)[C@H]3C=Cc4ccccc4N23)c1. The van der Waals surface area contributed by atoms with Crippen LogP contribution in [0.25, 0.3) is 6.08 Å². The number of methoxy groups -OCH3 is 1. The molecule has 2 aliphatic heterocycles. The number of ether oxygens (including phenoxy) is 1. The number of fused-ring (bicyclic) bond motifs is 5. The Bertz CT molecular complexity index is 1810. The predicted molar refractivity (Wildman–Crippen MR) is 156 cm³/mol. The van der Waals surface area contributed by atoms with Crippen molar-refractivity contribution in [3.63, 3.8) is 0 Å². The molecule has 1 fully saturated rings. The second-order valence-electron chi connectivity index (χ2n) is 10.7. The van der Waals surface area contributed by atoms with Gasteiger partial charge in [-0.3, -0.25) is 24.5 Å². The molecule has 1 spiro atoms. The molecule has 0 aromatic heterocycles. The molecular formula is C34H24N2O6. The molecule has 3 aliphatic rings. The molecule has 0 radical (unpaired) electrons. The molecule has 0 bridgehead atoms. The van der Waals surface area contributed by atoms with Gasteiger partial charge in [0.1, 0.15) is 17.2 Å². The highest BCUT2D eigenvalue weighted by Crippen LogP contribution is 2.61. The molecule has 0 amide bonds. The summed E-state index contributed by atoms with van der Waals surface area (Å²) in [6, 6.07) is 25.2. The Morgan fingerprint density at radius 1 is 0.881 bits per heavy atom. The van der Waals surface area contributed by atoms with Gasteiger partial charge in [0.15, 0.2) is 17.3 Å². The van der Waals surface area contributed by atoms with Crippen LogP contribution in [0, 0.1) is 15.5 Å². The number of rotatable bonds is 5. The average Bonchev–Trinajstić information content (AvgIpc) is 3.47. The summed E-state index contributed by atoms with van der Waals surface area (Å²) in [5.41, 5.74) is 1.27. The van der Waals surface area contributed by atoms with Gasteiger partial charge in [0.05, 0.1) is 18.1 Å². The van der Waals surface area contributed by atoms with E-state index in [0.29, 0.717) is 28.0 Å². The Hall–Kier alpha value is -5.37. The minimum absolute atomic E-state index is 0.128. The Morgan fingerprint density at radius 3 is 2.21 bits per heavy atom. The first-order valence-electron chi connectivity index (χ1n) is 13.5. The molecule has 0 N–H and O–H groups in total. The number of nitro groups is 1. The molecule has 1 saturated heterocycles. The highest BCUT2D eigenvalue weighted by atomic mass is 16.6. The zero-order valence-corrected chi connectivity index (χ0v) is 22.5. The van der Waals surface area contributed by atoms with Crippen LogP contribution >= 0.6 is 0 Å². The van der Waals surface area contributed by atoms with Crippen molar-refractivity contribution < 1.29 is 24.0 Å². The van der Waals surface area contributed by atoms with Crippen molar-refractivity contribution in [3.8, 4) is 5.75 Å². The van der Waals surface area contributed by atoms with Crippen LogP contribution in [0.2, 0.25) is 0 Å². The summed E-state index contributed by atoms with van der Waals surface area (Å²) in [5.74, 6) is -1.46. The highest BCUT2D eigenvalue weighted by Gasteiger charge is 2.71. The van der Waals surface area contributed by atoms with E-state index in [1.54, 1.807) is 60.7 Å². The van der Waals surface area contributed by atoms with Gasteiger partial charge < -0.3 is 9.64 Å². The van der Waals surface area contributed by atoms with Gasteiger partial charge in [-0.25, -0.2) is 0 Å². The maximum absolute atomic E-state index is 14.7. The minimum atomic E-state index is -1.68. The third kappa shape index (κ3) is 3.38. The zero-order valence-electron chi connectivity index (χ0n) is 22.5. The van der Waals surface area contributed by atoms with Crippen LogP contribution in [0.3, 0.4) is 0 Å². The van der Waals surface area contributed by atoms with Gasteiger partial charge in [-0.05, 0) is 29.3 Å². The summed E-state index contributed by atoms with van der Waals surface area (Å²) < 4.78 is 5.40. The highest BCUT2D eigenvalue weighted by molar-refractivity contribution is 6.32. The normalized spacial score (nSPS) is 21.2. The van der Waals surface area contributed by atoms with Crippen LogP contribution in [-0.4, -0.2) is 41.5 Å². The van der Waals surface area contributed by atoms with Crippen LogP contribution in [0.5, 0.6) is 5.75 Å². The fourth-order valence-corrected chi connectivity index (χ4v) is 7.04. The van der Waals surface area contributed by atoms with Crippen molar-refractivity contribution in [1.82, 2.24) is 0 Å². The number of anilines is 1. The summed E-state index contributed by atoms with van der Waals surface area (Å²) in [5, 5.41) is 11.5. The van der Waals surface area contributed by atoms with Gasteiger partial charge in [-0.1, -0.05) is 78.9 Å². The fourth-order valence-electron chi connectivity index (χ4n) is 7.04. The molecule has 4 aromatic rings. The van der Waals surface area contributed by atoms with E-state index in [2.05, 4.69) is 0 Å². The Balaban J connectivity index is 1.53. The second-order valence-corrected chi connectivity index (χ2v) is 10.7. The van der Waals surface area contributed by atoms with Gasteiger partial charge in [0.25, 0.3) is 5.69 Å². The van der Waals surface area contributed by atoms with E-state index in [9.17, 15) is 24.5 Å². The fraction of sp³-hybridized carbons (Fsp3) is 0.147. The number of non-ortho nitro benzene ring substituents is 1. The summed E-state index contributed by atoms with van der Waals surface area (Å²) >= 11 is 0. The van der Waals surface area contributed by atoms with Gasteiger partial charge >= 0.3 is 0 Å². The number of nitrogens with zero attached hydrogens (tertiary/aromatic N) is 2. The maximum atomic E-state index is 14.7. The number of Topliss-reactive ketones (excluding diaryl/α,β-unsaturated/α-hetero) is 3. The number of carbonyl (C=O) groups excluding carboxylic acids is 3. The molecule has 206 valence electrons. The molecule has 0 unspecified atom stereocenters. The van der Waals surface area contributed by atoms with E-state index in [1.807, 2.05) is 41.3 Å². The standard InChI is InChI=1S/C34H24N2O6/c1-42-24-9-6-8-22(19-24)31(37)30-29(21-13-16-23(17-14-21)36(40)41)34(32(38)25-10-3-4-11-26(25)33(34)39)28-18-15-20-7-2-5-12-27(20)35(28)30/h2-19,28-30H,1H3/t28-,29-,30-/m1/s1. The lowest BCUT2D eigenvalue weighted by Crippen LogP contribution is -2.48. The van der Waals surface area contributed by atoms with Crippen molar-refractivity contribution in [3.05, 3.63) is 141 Å². The molecule has 4 aromatic carbocycles. The lowest BCUT2D eigenvalue weighted by atomic mass is 9.64. The Labute approximate surface area is 241 Å². The lowest BCUT2D eigenvalue weighted by molar-refractivity contribution is -0.384. The van der Waals surface area contributed by atoms with Crippen molar-refractivity contribution in [2.75, 3.05) is 12.0 Å². The summed E-state index contributed by atoms with van der Waals surface area (Å²) in [4.78, 5) is 56.9. The Morgan fingerprint density at radius 2 is 1.55 bits per heavy atom. The van der Waals surface area contributed by atoms with E-state index in [-0.39, 0.29) is 23.0 Å². The van der Waals surface area contributed by atoms with Crippen molar-refractivity contribution in [2.45, 2.75) is 18.0 Å². The Kier molecular flexibility index (Phi) is 5.69. The lowest BCUT2D eigenvalue weighted by Gasteiger charge is -2.37. The van der Waals surface area contributed by atoms with E-state index in [1.165, 1.54) is 19.2 Å². The van der Waals surface area contributed by atoms with Crippen LogP contribution in [0.1, 0.15) is 48.1 Å². The van der Waals surface area contributed by atoms with E-state index >= 15 is 0 Å². The molecule has 0 saturated carbocycles. The van der Waals surface area contributed by atoms with Crippen LogP contribution < -0.4 is 9.64 Å². The van der Waals surface area contributed by atoms with Crippen LogP contribution in [0.15, 0.2) is 103 Å². The van der Waals surface area contributed by atoms with Crippen molar-refractivity contribution >= 4 is 34.8 Å². The number of carbonyl (C=O) groups is 3. The van der Waals surface area contributed by atoms with Crippen LogP contribution in [0.4, 0.5) is 11.4 Å². The van der Waals surface area contributed by atoms with Crippen molar-refractivity contribution in [2.24, 2.45) is 5.41 Å². The van der Waals surface area contributed by atoms with Crippen molar-refractivity contribution in [1.29, 1.82) is 0 Å². The summed E-state index contributed by atoms with van der Waals surface area (Å²) in [6.45, 7) is 0. The van der Waals surface area contributed by atoms with E-state index < -0.39 is 28.3 Å². The minimum Gasteiger partial charge on any atom is -0.497 e. The molecule has 2 heterocycles. The second kappa shape index (κ2) is 9.34. The monoisotopic (exact) mass is 556 g/mol. The summed E-state index contributed by atoms with van der Waals surface area (Å²) in [6.07, 6.45) is 3.74. The predicted octanol–water partition coefficient (Wildman–Crippen LogP) is 5.92. The maximum Gasteiger partial charge on any atom is 0.269 e. The van der Waals surface area contributed by atoms with Gasteiger partial charge in [-0.2, -0.15) is 0 Å². The molecule has 8 heteroatoms. The topological polar surface area (TPSA) is 107 Å². The molecule has 3 atom stereocenters. The van der Waals surface area contributed by atoms with E-state index in [4.69, 9.17) is 4.74 Å². The molecule has 8 nitrogen and oxygen atoms in total. The zero-order chi connectivity index (χ0) is 29.2. The van der Waals surface area contributed by atoms with Gasteiger partial charge in [0.2, 0.25) is 0 Å². The number of benzene rings is 4. The first kappa shape index (κ1) is 25.6. The number of nitro benzene ring substituents is 1. The third-order valence-corrected chi connectivity index (χ3v) is 8.80.